The van der Waals surface area contributed by atoms with Crippen molar-refractivity contribution in [2.24, 2.45) is 11.7 Å². The maximum atomic E-state index is 12.4. The van der Waals surface area contributed by atoms with Crippen LogP contribution in [0.4, 0.5) is 0 Å². The lowest BCUT2D eigenvalue weighted by atomic mass is 9.94. The Morgan fingerprint density at radius 3 is 2.50 bits per heavy atom. The van der Waals surface area contributed by atoms with Crippen LogP contribution in [0.1, 0.15) is 51.9 Å². The standard InChI is InChI=1S/C16H29N3O.2ClH/c1-13-5-2-3-9-18(13)11-14-6-4-10-19(12-14)15(20)16(17)7-8-16;;/h13-14H,2-12,17H2,1H3;2*1H. The summed E-state index contributed by atoms with van der Waals surface area (Å²) in [4.78, 5) is 17.1. The molecule has 3 rings (SSSR count). The molecule has 2 unspecified atom stereocenters. The van der Waals surface area contributed by atoms with E-state index in [4.69, 9.17) is 5.73 Å². The molecule has 0 spiro atoms. The van der Waals surface area contributed by atoms with Crippen LogP contribution >= 0.6 is 24.8 Å². The Kier molecular flexibility index (Phi) is 7.44. The van der Waals surface area contributed by atoms with Crippen LogP contribution in [0.5, 0.6) is 0 Å². The molecule has 22 heavy (non-hydrogen) atoms. The van der Waals surface area contributed by atoms with Gasteiger partial charge in [0.05, 0.1) is 5.54 Å². The predicted molar refractivity (Wildman–Crippen MR) is 94.8 cm³/mol. The normalized spacial score (nSPS) is 30.9. The third kappa shape index (κ3) is 4.50. The van der Waals surface area contributed by atoms with Gasteiger partial charge in [0.15, 0.2) is 0 Å². The summed E-state index contributed by atoms with van der Waals surface area (Å²) in [6, 6.07) is 0.721. The average Bonchev–Trinajstić information content (AvgIpc) is 3.20. The van der Waals surface area contributed by atoms with Crippen molar-refractivity contribution in [3.8, 4) is 0 Å². The van der Waals surface area contributed by atoms with Gasteiger partial charge >= 0.3 is 0 Å². The second-order valence-electron chi connectivity index (χ2n) is 7.26. The first-order valence-electron chi connectivity index (χ1n) is 8.41. The topological polar surface area (TPSA) is 49.6 Å². The van der Waals surface area contributed by atoms with Crippen LogP contribution in [0.3, 0.4) is 0 Å². The van der Waals surface area contributed by atoms with E-state index >= 15 is 0 Å². The van der Waals surface area contributed by atoms with Crippen molar-refractivity contribution in [1.82, 2.24) is 9.80 Å². The first-order chi connectivity index (χ1) is 9.58. The first-order valence-corrected chi connectivity index (χ1v) is 8.41. The van der Waals surface area contributed by atoms with E-state index in [1.807, 2.05) is 0 Å². The van der Waals surface area contributed by atoms with Crippen molar-refractivity contribution in [2.75, 3.05) is 26.2 Å². The van der Waals surface area contributed by atoms with E-state index in [1.54, 1.807) is 0 Å². The summed E-state index contributed by atoms with van der Waals surface area (Å²) in [5.41, 5.74) is 5.59. The van der Waals surface area contributed by atoms with Crippen LogP contribution in [0.15, 0.2) is 0 Å². The molecule has 6 heteroatoms. The highest BCUT2D eigenvalue weighted by molar-refractivity contribution is 5.89. The minimum Gasteiger partial charge on any atom is -0.341 e. The van der Waals surface area contributed by atoms with Crippen molar-refractivity contribution in [3.05, 3.63) is 0 Å². The molecule has 0 aromatic carbocycles. The molecule has 1 aliphatic carbocycles. The van der Waals surface area contributed by atoms with E-state index in [0.717, 1.165) is 38.4 Å². The molecule has 1 saturated carbocycles. The molecule has 3 fully saturated rings. The second-order valence-corrected chi connectivity index (χ2v) is 7.26. The molecule has 0 radical (unpaired) electrons. The summed E-state index contributed by atoms with van der Waals surface area (Å²) < 4.78 is 0. The van der Waals surface area contributed by atoms with Crippen LogP contribution < -0.4 is 5.73 Å². The minimum absolute atomic E-state index is 0. The Bertz CT molecular complexity index is 376. The van der Waals surface area contributed by atoms with Gasteiger partial charge in [-0.05, 0) is 57.9 Å². The molecule has 2 aliphatic heterocycles. The minimum atomic E-state index is -0.486. The van der Waals surface area contributed by atoms with Gasteiger partial charge in [0.2, 0.25) is 5.91 Å². The summed E-state index contributed by atoms with van der Waals surface area (Å²) >= 11 is 0. The number of halogens is 2. The monoisotopic (exact) mass is 351 g/mol. The number of nitrogens with zero attached hydrogens (tertiary/aromatic N) is 2. The Balaban J connectivity index is 0.00000121. The molecule has 2 N–H and O–H groups in total. The molecule has 1 amide bonds. The van der Waals surface area contributed by atoms with Crippen molar-refractivity contribution in [3.63, 3.8) is 0 Å². The third-order valence-corrected chi connectivity index (χ3v) is 5.45. The number of hydrogen-bond donors (Lipinski definition) is 1. The Labute approximate surface area is 147 Å². The van der Waals surface area contributed by atoms with Gasteiger partial charge in [0.1, 0.15) is 0 Å². The average molecular weight is 352 g/mol. The lowest BCUT2D eigenvalue weighted by Gasteiger charge is -2.40. The first kappa shape index (κ1) is 20.0. The van der Waals surface area contributed by atoms with E-state index in [1.165, 1.54) is 38.8 Å². The highest BCUT2D eigenvalue weighted by Crippen LogP contribution is 2.35. The van der Waals surface area contributed by atoms with Gasteiger partial charge in [-0.2, -0.15) is 0 Å². The fourth-order valence-electron chi connectivity index (χ4n) is 3.82. The molecule has 130 valence electrons. The SMILES string of the molecule is CC1CCCCN1CC1CCCN(C(=O)C2(N)CC2)C1.Cl.Cl. The van der Waals surface area contributed by atoms with Gasteiger partial charge in [0, 0.05) is 25.7 Å². The lowest BCUT2D eigenvalue weighted by Crippen LogP contribution is -2.51. The lowest BCUT2D eigenvalue weighted by molar-refractivity contribution is -0.135. The molecule has 2 atom stereocenters. The van der Waals surface area contributed by atoms with Crippen LogP contribution in [-0.2, 0) is 4.79 Å². The number of carbonyl (C=O) groups excluding carboxylic acids is 1. The van der Waals surface area contributed by atoms with Gasteiger partial charge in [-0.1, -0.05) is 6.42 Å². The Morgan fingerprint density at radius 1 is 1.14 bits per heavy atom. The van der Waals surface area contributed by atoms with Crippen molar-refractivity contribution >= 4 is 30.7 Å². The quantitative estimate of drug-likeness (QED) is 0.849. The molecule has 3 aliphatic rings. The zero-order chi connectivity index (χ0) is 14.2. The molecule has 0 bridgehead atoms. The van der Waals surface area contributed by atoms with E-state index < -0.39 is 5.54 Å². The van der Waals surface area contributed by atoms with Gasteiger partial charge in [-0.25, -0.2) is 0 Å². The molecular formula is C16H31Cl2N3O. The fourth-order valence-corrected chi connectivity index (χ4v) is 3.82. The van der Waals surface area contributed by atoms with Gasteiger partial charge in [-0.3, -0.25) is 4.79 Å². The zero-order valence-electron chi connectivity index (χ0n) is 13.6. The highest BCUT2D eigenvalue weighted by atomic mass is 35.5. The summed E-state index contributed by atoms with van der Waals surface area (Å²) in [7, 11) is 0. The molecule has 0 aromatic heterocycles. The Hall–Kier alpha value is -0.0300. The third-order valence-electron chi connectivity index (χ3n) is 5.45. The molecule has 2 heterocycles. The summed E-state index contributed by atoms with van der Waals surface area (Å²) in [6.07, 6.45) is 8.24. The largest absolute Gasteiger partial charge is 0.341 e. The number of rotatable bonds is 3. The summed E-state index contributed by atoms with van der Waals surface area (Å²) in [6.45, 7) is 6.61. The van der Waals surface area contributed by atoms with Crippen molar-refractivity contribution < 1.29 is 4.79 Å². The number of nitrogens with two attached hydrogens (primary N) is 1. The van der Waals surface area contributed by atoms with E-state index in [2.05, 4.69) is 16.7 Å². The van der Waals surface area contributed by atoms with Gasteiger partial charge < -0.3 is 15.5 Å². The van der Waals surface area contributed by atoms with Crippen molar-refractivity contribution in [2.45, 2.75) is 63.5 Å². The zero-order valence-corrected chi connectivity index (χ0v) is 15.3. The number of piperidine rings is 2. The second kappa shape index (κ2) is 8.18. The smallest absolute Gasteiger partial charge is 0.242 e. The number of likely N-dealkylation sites (tertiary alicyclic amines) is 2. The molecule has 2 saturated heterocycles. The van der Waals surface area contributed by atoms with Crippen LogP contribution in [0.2, 0.25) is 0 Å². The van der Waals surface area contributed by atoms with Gasteiger partial charge in [0.25, 0.3) is 0 Å². The van der Waals surface area contributed by atoms with Crippen LogP contribution in [0, 0.1) is 5.92 Å². The molecular weight excluding hydrogens is 321 g/mol. The van der Waals surface area contributed by atoms with Crippen molar-refractivity contribution in [1.29, 1.82) is 0 Å². The van der Waals surface area contributed by atoms with Crippen LogP contribution in [0.25, 0.3) is 0 Å². The van der Waals surface area contributed by atoms with Crippen LogP contribution in [-0.4, -0.2) is 53.5 Å². The maximum absolute atomic E-state index is 12.4. The van der Waals surface area contributed by atoms with E-state index in [9.17, 15) is 4.79 Å². The van der Waals surface area contributed by atoms with E-state index in [-0.39, 0.29) is 30.7 Å². The molecule has 4 nitrogen and oxygen atoms in total. The predicted octanol–water partition coefficient (Wildman–Crippen LogP) is 2.43. The summed E-state index contributed by atoms with van der Waals surface area (Å²) in [5, 5.41) is 0. The Morgan fingerprint density at radius 2 is 1.86 bits per heavy atom. The summed E-state index contributed by atoms with van der Waals surface area (Å²) in [5.74, 6) is 0.865. The maximum Gasteiger partial charge on any atom is 0.242 e. The highest BCUT2D eigenvalue weighted by Gasteiger charge is 2.48. The van der Waals surface area contributed by atoms with E-state index in [0.29, 0.717) is 5.92 Å². The number of carbonyl (C=O) groups is 1. The van der Waals surface area contributed by atoms with Gasteiger partial charge in [-0.15, -0.1) is 24.8 Å². The fraction of sp³-hybridized carbons (Fsp3) is 0.938. The number of amides is 1. The number of hydrogen-bond acceptors (Lipinski definition) is 3. The molecule has 0 aromatic rings.